The molecule has 0 saturated carbocycles. The van der Waals surface area contributed by atoms with E-state index in [1.54, 1.807) is 23.7 Å². The quantitative estimate of drug-likeness (QED) is 0.520. The molecule has 0 bridgehead atoms. The van der Waals surface area contributed by atoms with Crippen molar-refractivity contribution < 1.29 is 0 Å². The molecule has 2 aromatic heterocycles. The van der Waals surface area contributed by atoms with Crippen LogP contribution < -0.4 is 5.32 Å². The Bertz CT molecular complexity index is 1150. The third-order valence-electron chi connectivity index (χ3n) is 4.34. The first-order valence-electron chi connectivity index (χ1n) is 8.23. The van der Waals surface area contributed by atoms with Gasteiger partial charge in [-0.15, -0.1) is 11.3 Å². The summed E-state index contributed by atoms with van der Waals surface area (Å²) in [6, 6.07) is 16.1. The molecule has 0 fully saturated rings. The number of hydrogen-bond donors (Lipinski definition) is 1. The van der Waals surface area contributed by atoms with E-state index in [1.807, 2.05) is 18.2 Å². The summed E-state index contributed by atoms with van der Waals surface area (Å²) in [7, 11) is 0. The molecule has 2 aromatic carbocycles. The summed E-state index contributed by atoms with van der Waals surface area (Å²) >= 11 is 1.60. The molecule has 4 nitrogen and oxygen atoms in total. The van der Waals surface area contributed by atoms with Crippen LogP contribution in [0.1, 0.15) is 16.7 Å². The smallest absolute Gasteiger partial charge is 0.143 e. The van der Waals surface area contributed by atoms with E-state index in [0.29, 0.717) is 11.4 Å². The molecule has 0 atom stereocenters. The average molecular weight is 356 g/mol. The first kappa shape index (κ1) is 16.2. The third kappa shape index (κ3) is 2.81. The lowest BCUT2D eigenvalue weighted by Gasteiger charge is -2.11. The van der Waals surface area contributed by atoms with E-state index in [9.17, 15) is 5.26 Å². The number of nitriles is 1. The van der Waals surface area contributed by atoms with Crippen molar-refractivity contribution in [1.29, 1.82) is 5.26 Å². The first-order chi connectivity index (χ1) is 12.7. The molecule has 1 N–H and O–H groups in total. The highest BCUT2D eigenvalue weighted by Crippen LogP contribution is 2.39. The predicted molar refractivity (Wildman–Crippen MR) is 107 cm³/mol. The average Bonchev–Trinajstić information content (AvgIpc) is 3.07. The molecular formula is C21H16N4S. The monoisotopic (exact) mass is 356 g/mol. The summed E-state index contributed by atoms with van der Waals surface area (Å²) in [5, 5.41) is 15.8. The van der Waals surface area contributed by atoms with Gasteiger partial charge < -0.3 is 5.32 Å². The predicted octanol–water partition coefficient (Wildman–Crippen LogP) is 5.59. The van der Waals surface area contributed by atoms with Crippen molar-refractivity contribution in [3.63, 3.8) is 0 Å². The fourth-order valence-electron chi connectivity index (χ4n) is 3.10. The minimum Gasteiger partial charge on any atom is -0.338 e. The van der Waals surface area contributed by atoms with Crippen LogP contribution in [0.2, 0.25) is 0 Å². The third-order valence-corrected chi connectivity index (χ3v) is 5.23. The van der Waals surface area contributed by atoms with Crippen LogP contribution in [0.3, 0.4) is 0 Å². The van der Waals surface area contributed by atoms with Gasteiger partial charge in [-0.2, -0.15) is 5.26 Å². The molecule has 0 amide bonds. The minimum atomic E-state index is 0.586. The van der Waals surface area contributed by atoms with E-state index in [1.165, 1.54) is 16.7 Å². The maximum Gasteiger partial charge on any atom is 0.143 e. The second kappa shape index (κ2) is 6.58. The standard InChI is InChI=1S/C21H16N4S/c1-13-7-8-16(14(2)9-13)17-11-26-21-19(17)20(23-12-24-21)25-18-6-4-3-5-15(18)10-22/h3-9,11-12H,1-2H3,(H,23,24,25). The highest BCUT2D eigenvalue weighted by Gasteiger charge is 2.15. The molecule has 26 heavy (non-hydrogen) atoms. The Balaban J connectivity index is 1.89. The van der Waals surface area contributed by atoms with Crippen molar-refractivity contribution in [2.75, 3.05) is 5.32 Å². The summed E-state index contributed by atoms with van der Waals surface area (Å²) in [6.07, 6.45) is 1.56. The lowest BCUT2D eigenvalue weighted by Crippen LogP contribution is -1.97. The Kier molecular flexibility index (Phi) is 4.11. The topological polar surface area (TPSA) is 61.6 Å². The van der Waals surface area contributed by atoms with Crippen molar-refractivity contribution in [2.24, 2.45) is 0 Å². The van der Waals surface area contributed by atoms with Gasteiger partial charge in [-0.1, -0.05) is 35.9 Å². The van der Waals surface area contributed by atoms with Gasteiger partial charge in [0.2, 0.25) is 0 Å². The van der Waals surface area contributed by atoms with Gasteiger partial charge >= 0.3 is 0 Å². The van der Waals surface area contributed by atoms with Gasteiger partial charge in [0.15, 0.2) is 0 Å². The number of aryl methyl sites for hydroxylation is 2. The largest absolute Gasteiger partial charge is 0.338 e. The molecule has 0 saturated heterocycles. The molecule has 5 heteroatoms. The number of anilines is 2. The van der Waals surface area contributed by atoms with E-state index >= 15 is 0 Å². The fourth-order valence-corrected chi connectivity index (χ4v) is 4.01. The van der Waals surface area contributed by atoms with Crippen molar-refractivity contribution in [2.45, 2.75) is 13.8 Å². The van der Waals surface area contributed by atoms with Crippen LogP contribution in [0, 0.1) is 25.2 Å². The zero-order valence-corrected chi connectivity index (χ0v) is 15.3. The van der Waals surface area contributed by atoms with E-state index in [2.05, 4.69) is 58.8 Å². The molecule has 0 aliphatic carbocycles. The zero-order chi connectivity index (χ0) is 18.1. The Hall–Kier alpha value is -3.23. The minimum absolute atomic E-state index is 0.586. The Morgan fingerprint density at radius 2 is 1.88 bits per heavy atom. The van der Waals surface area contributed by atoms with Gasteiger partial charge in [-0.05, 0) is 37.1 Å². The molecule has 2 heterocycles. The van der Waals surface area contributed by atoms with Gasteiger partial charge in [-0.3, -0.25) is 0 Å². The Morgan fingerprint density at radius 1 is 1.04 bits per heavy atom. The van der Waals surface area contributed by atoms with Crippen LogP contribution in [-0.2, 0) is 0 Å². The van der Waals surface area contributed by atoms with Gasteiger partial charge in [-0.25, -0.2) is 9.97 Å². The van der Waals surface area contributed by atoms with E-state index in [-0.39, 0.29) is 0 Å². The number of hydrogen-bond acceptors (Lipinski definition) is 5. The number of rotatable bonds is 3. The molecular weight excluding hydrogens is 340 g/mol. The molecule has 0 aliphatic heterocycles. The number of benzene rings is 2. The fraction of sp³-hybridized carbons (Fsp3) is 0.0952. The number of fused-ring (bicyclic) bond motifs is 1. The molecule has 0 radical (unpaired) electrons. The molecule has 0 aliphatic rings. The second-order valence-corrected chi connectivity index (χ2v) is 7.01. The zero-order valence-electron chi connectivity index (χ0n) is 14.4. The summed E-state index contributed by atoms with van der Waals surface area (Å²) in [4.78, 5) is 9.80. The van der Waals surface area contributed by atoms with Crippen molar-refractivity contribution in [1.82, 2.24) is 9.97 Å². The summed E-state index contributed by atoms with van der Waals surface area (Å²) in [6.45, 7) is 4.21. The number of para-hydroxylation sites is 1. The van der Waals surface area contributed by atoms with Crippen LogP contribution >= 0.6 is 11.3 Å². The van der Waals surface area contributed by atoms with Crippen molar-refractivity contribution >= 4 is 33.1 Å². The van der Waals surface area contributed by atoms with Gasteiger partial charge in [0.05, 0.1) is 16.6 Å². The van der Waals surface area contributed by atoms with E-state index < -0.39 is 0 Å². The highest BCUT2D eigenvalue weighted by molar-refractivity contribution is 7.17. The summed E-state index contributed by atoms with van der Waals surface area (Å²) < 4.78 is 0. The summed E-state index contributed by atoms with van der Waals surface area (Å²) in [5.41, 5.74) is 6.07. The summed E-state index contributed by atoms with van der Waals surface area (Å²) in [5.74, 6) is 0.717. The molecule has 4 aromatic rings. The molecule has 126 valence electrons. The maximum atomic E-state index is 9.34. The Morgan fingerprint density at radius 3 is 2.69 bits per heavy atom. The van der Waals surface area contributed by atoms with E-state index in [4.69, 9.17) is 0 Å². The normalized spacial score (nSPS) is 10.7. The number of aromatic nitrogens is 2. The second-order valence-electron chi connectivity index (χ2n) is 6.15. The van der Waals surface area contributed by atoms with E-state index in [0.717, 1.165) is 21.5 Å². The first-order valence-corrected chi connectivity index (χ1v) is 9.11. The molecule has 0 unspecified atom stereocenters. The highest BCUT2D eigenvalue weighted by atomic mass is 32.1. The lowest BCUT2D eigenvalue weighted by molar-refractivity contribution is 1.23. The SMILES string of the molecule is Cc1ccc(-c2csc3ncnc(Nc4ccccc4C#N)c23)c(C)c1. The van der Waals surface area contributed by atoms with Crippen LogP contribution in [0.25, 0.3) is 21.3 Å². The van der Waals surface area contributed by atoms with Crippen LogP contribution in [-0.4, -0.2) is 9.97 Å². The number of thiophene rings is 1. The van der Waals surface area contributed by atoms with Gasteiger partial charge in [0, 0.05) is 10.9 Å². The number of nitrogens with zero attached hydrogens (tertiary/aromatic N) is 3. The molecule has 0 spiro atoms. The maximum absolute atomic E-state index is 9.34. The van der Waals surface area contributed by atoms with Crippen molar-refractivity contribution in [3.8, 4) is 17.2 Å². The number of nitrogens with one attached hydrogen (secondary N) is 1. The van der Waals surface area contributed by atoms with Crippen LogP contribution in [0.15, 0.2) is 54.2 Å². The Labute approximate surface area is 155 Å². The van der Waals surface area contributed by atoms with Crippen LogP contribution in [0.4, 0.5) is 11.5 Å². The van der Waals surface area contributed by atoms with Crippen molar-refractivity contribution in [3.05, 3.63) is 70.9 Å². The van der Waals surface area contributed by atoms with Gasteiger partial charge in [0.25, 0.3) is 0 Å². The van der Waals surface area contributed by atoms with Gasteiger partial charge in [0.1, 0.15) is 23.0 Å². The lowest BCUT2D eigenvalue weighted by atomic mass is 9.99. The molecule has 4 rings (SSSR count). The van der Waals surface area contributed by atoms with Crippen LogP contribution in [0.5, 0.6) is 0 Å².